The van der Waals surface area contributed by atoms with Crippen molar-refractivity contribution in [1.29, 1.82) is 0 Å². The van der Waals surface area contributed by atoms with Gasteiger partial charge < -0.3 is 20.9 Å². The van der Waals surface area contributed by atoms with Crippen molar-refractivity contribution in [1.82, 2.24) is 15.0 Å². The Labute approximate surface area is 200 Å². The van der Waals surface area contributed by atoms with E-state index in [2.05, 4.69) is 14.9 Å². The highest BCUT2D eigenvalue weighted by molar-refractivity contribution is 7.78. The molecule has 1 aromatic carbocycles. The molecule has 5 rings (SSSR count). The van der Waals surface area contributed by atoms with Crippen LogP contribution in [0.1, 0.15) is 18.4 Å². The Hall–Kier alpha value is -3.40. The smallest absolute Gasteiger partial charge is 0.112 e. The fourth-order valence-electron chi connectivity index (χ4n) is 4.46. The summed E-state index contributed by atoms with van der Waals surface area (Å²) in [7, 11) is 0. The van der Waals surface area contributed by atoms with E-state index < -0.39 is 11.1 Å². The minimum Gasteiger partial charge on any atom is -0.772 e. The molecule has 1 unspecified atom stereocenters. The number of nitrogen functional groups attached to an aromatic ring is 1. The van der Waals surface area contributed by atoms with Gasteiger partial charge in [0.15, 0.2) is 0 Å². The van der Waals surface area contributed by atoms with Crippen molar-refractivity contribution in [2.45, 2.75) is 24.6 Å². The van der Waals surface area contributed by atoms with Crippen LogP contribution in [-0.4, -0.2) is 42.8 Å². The van der Waals surface area contributed by atoms with E-state index in [1.807, 2.05) is 36.4 Å². The largest absolute Gasteiger partial charge is 0.772 e. The van der Waals surface area contributed by atoms with Gasteiger partial charge in [-0.05, 0) is 48.7 Å². The Bertz CT molecular complexity index is 1380. The summed E-state index contributed by atoms with van der Waals surface area (Å²) >= 11 is -2.16. The Morgan fingerprint density at radius 2 is 2.00 bits per heavy atom. The second-order valence-electron chi connectivity index (χ2n) is 8.55. The second kappa shape index (κ2) is 9.46. The van der Waals surface area contributed by atoms with Gasteiger partial charge in [-0.3, -0.25) is 14.2 Å². The predicted molar refractivity (Wildman–Crippen MR) is 135 cm³/mol. The van der Waals surface area contributed by atoms with Crippen molar-refractivity contribution in [2.24, 2.45) is 5.73 Å². The van der Waals surface area contributed by atoms with E-state index in [9.17, 15) is 8.76 Å². The van der Waals surface area contributed by atoms with Crippen molar-refractivity contribution in [3.05, 3.63) is 66.5 Å². The maximum absolute atomic E-state index is 11.1. The molecule has 0 aliphatic carbocycles. The predicted octanol–water partition coefficient (Wildman–Crippen LogP) is 3.25. The van der Waals surface area contributed by atoms with Crippen LogP contribution < -0.4 is 16.4 Å². The van der Waals surface area contributed by atoms with Gasteiger partial charge in [-0.25, -0.2) is 4.98 Å². The van der Waals surface area contributed by atoms with E-state index in [0.29, 0.717) is 28.3 Å². The van der Waals surface area contributed by atoms with Gasteiger partial charge in [-0.1, -0.05) is 29.3 Å². The highest BCUT2D eigenvalue weighted by atomic mass is 32.2. The van der Waals surface area contributed by atoms with Crippen molar-refractivity contribution in [3.63, 3.8) is 0 Å². The van der Waals surface area contributed by atoms with Gasteiger partial charge in [0.2, 0.25) is 0 Å². The van der Waals surface area contributed by atoms with Crippen LogP contribution in [0.5, 0.6) is 0 Å². The normalized spacial score (nSPS) is 17.1. The summed E-state index contributed by atoms with van der Waals surface area (Å²) in [6, 6.07) is 15.1. The van der Waals surface area contributed by atoms with Gasteiger partial charge >= 0.3 is 0 Å². The molecule has 0 bridgehead atoms. The molecule has 8 nitrogen and oxygen atoms in total. The van der Waals surface area contributed by atoms with E-state index in [0.717, 1.165) is 48.1 Å². The lowest BCUT2D eigenvalue weighted by Crippen LogP contribution is -2.42. The zero-order chi connectivity index (χ0) is 23.7. The molecule has 0 saturated carbocycles. The summed E-state index contributed by atoms with van der Waals surface area (Å²) < 4.78 is 22.2. The summed E-state index contributed by atoms with van der Waals surface area (Å²) in [6.45, 7) is 1.75. The number of rotatable bonds is 5. The lowest BCUT2D eigenvalue weighted by molar-refractivity contribution is 0.507. The Kier molecular flexibility index (Phi) is 6.23. The quantitative estimate of drug-likeness (QED) is 0.422. The van der Waals surface area contributed by atoms with Crippen molar-refractivity contribution >= 4 is 33.4 Å². The van der Waals surface area contributed by atoms with E-state index >= 15 is 0 Å². The van der Waals surface area contributed by atoms with Crippen molar-refractivity contribution < 1.29 is 8.76 Å². The molecule has 4 heterocycles. The molecule has 3 aromatic heterocycles. The SMILES string of the molecule is Nc1ccc(-c2cccc(CS(=O)[O-])c2)nc1-c1cc2c(N3CCC[C@H](N)C3)ccnc2cn1. The number of hydrogen-bond donors (Lipinski definition) is 2. The molecule has 0 radical (unpaired) electrons. The molecule has 1 fully saturated rings. The van der Waals surface area contributed by atoms with Gasteiger partial charge in [-0.2, -0.15) is 0 Å². The summed E-state index contributed by atoms with van der Waals surface area (Å²) in [5, 5.41) is 0.980. The van der Waals surface area contributed by atoms with Gasteiger partial charge in [0.25, 0.3) is 0 Å². The summed E-state index contributed by atoms with van der Waals surface area (Å²) in [5.74, 6) is -0.0438. The molecule has 1 aliphatic heterocycles. The highest BCUT2D eigenvalue weighted by Gasteiger charge is 2.20. The third-order valence-corrected chi connectivity index (χ3v) is 6.65. The first-order valence-corrected chi connectivity index (χ1v) is 12.4. The van der Waals surface area contributed by atoms with Crippen LogP contribution in [0.25, 0.3) is 33.5 Å². The van der Waals surface area contributed by atoms with E-state index in [1.54, 1.807) is 24.5 Å². The first-order valence-electron chi connectivity index (χ1n) is 11.2. The monoisotopic (exact) mass is 473 g/mol. The first kappa shape index (κ1) is 22.4. The van der Waals surface area contributed by atoms with Crippen LogP contribution >= 0.6 is 0 Å². The number of benzene rings is 1. The zero-order valence-electron chi connectivity index (χ0n) is 18.6. The number of anilines is 2. The number of piperidine rings is 1. The van der Waals surface area contributed by atoms with Crippen LogP contribution in [0.15, 0.2) is 60.9 Å². The van der Waals surface area contributed by atoms with Gasteiger partial charge in [-0.15, -0.1) is 0 Å². The molecule has 4 N–H and O–H groups in total. The summed E-state index contributed by atoms with van der Waals surface area (Å²) in [6.07, 6.45) is 5.63. The second-order valence-corrected chi connectivity index (χ2v) is 9.44. The fourth-order valence-corrected chi connectivity index (χ4v) is 4.91. The fraction of sp³-hybridized carbons (Fsp3) is 0.240. The van der Waals surface area contributed by atoms with Crippen LogP contribution in [0.2, 0.25) is 0 Å². The molecular formula is C25H25N6O2S-. The highest BCUT2D eigenvalue weighted by Crippen LogP contribution is 2.32. The zero-order valence-corrected chi connectivity index (χ0v) is 19.4. The number of hydrogen-bond acceptors (Lipinski definition) is 8. The number of pyridine rings is 3. The van der Waals surface area contributed by atoms with Crippen LogP contribution in [0.4, 0.5) is 11.4 Å². The molecule has 174 valence electrons. The lowest BCUT2D eigenvalue weighted by Gasteiger charge is -2.33. The minimum atomic E-state index is -2.16. The third kappa shape index (κ3) is 4.63. The summed E-state index contributed by atoms with van der Waals surface area (Å²) in [4.78, 5) is 16.2. The topological polar surface area (TPSA) is 134 Å². The molecule has 34 heavy (non-hydrogen) atoms. The Balaban J connectivity index is 1.56. The standard InChI is InChI=1S/C25H26N6O2S/c26-18-5-2-10-31(14-18)24-8-9-28-23-13-29-22(12-19(23)24)25-20(27)6-7-21(30-25)17-4-1-3-16(11-17)15-34(32)33/h1,3-4,6-9,11-13,18H,2,5,10,14-15,26-27H2,(H,32,33)/p-1/t18-/m0/s1. The van der Waals surface area contributed by atoms with Crippen LogP contribution in [-0.2, 0) is 16.8 Å². The minimum absolute atomic E-state index is 0.0438. The average Bonchev–Trinajstić information content (AvgIpc) is 2.83. The number of fused-ring (bicyclic) bond motifs is 1. The molecule has 1 saturated heterocycles. The van der Waals surface area contributed by atoms with Gasteiger partial charge in [0, 0.05) is 47.7 Å². The number of nitrogens with two attached hydrogens (primary N) is 2. The van der Waals surface area contributed by atoms with E-state index in [-0.39, 0.29) is 11.8 Å². The molecule has 9 heteroatoms. The molecule has 4 aromatic rings. The third-order valence-electron chi connectivity index (χ3n) is 6.08. The number of aromatic nitrogens is 3. The summed E-state index contributed by atoms with van der Waals surface area (Å²) in [5.41, 5.74) is 18.4. The van der Waals surface area contributed by atoms with E-state index in [4.69, 9.17) is 16.5 Å². The van der Waals surface area contributed by atoms with Crippen molar-refractivity contribution in [2.75, 3.05) is 23.7 Å². The molecule has 0 spiro atoms. The molecule has 1 aliphatic rings. The lowest BCUT2D eigenvalue weighted by atomic mass is 10.0. The molecule has 2 atom stereocenters. The van der Waals surface area contributed by atoms with Crippen molar-refractivity contribution in [3.8, 4) is 22.6 Å². The average molecular weight is 474 g/mol. The van der Waals surface area contributed by atoms with Crippen LogP contribution in [0, 0.1) is 0 Å². The Morgan fingerprint density at radius 1 is 1.12 bits per heavy atom. The first-order chi connectivity index (χ1) is 16.5. The Morgan fingerprint density at radius 3 is 2.82 bits per heavy atom. The molecular weight excluding hydrogens is 448 g/mol. The van der Waals surface area contributed by atoms with Crippen LogP contribution in [0.3, 0.4) is 0 Å². The maximum Gasteiger partial charge on any atom is 0.112 e. The van der Waals surface area contributed by atoms with Gasteiger partial charge in [0.05, 0.1) is 28.8 Å². The molecule has 0 amide bonds. The van der Waals surface area contributed by atoms with Gasteiger partial charge in [0.1, 0.15) is 5.69 Å². The number of nitrogens with zero attached hydrogens (tertiary/aromatic N) is 4. The maximum atomic E-state index is 11.1. The van der Waals surface area contributed by atoms with E-state index in [1.165, 1.54) is 0 Å².